The molecule has 0 aliphatic carbocycles. The smallest absolute Gasteiger partial charge is 0.129 e. The summed E-state index contributed by atoms with van der Waals surface area (Å²) >= 11 is 0. The lowest BCUT2D eigenvalue weighted by atomic mass is 10.2. The number of aromatic nitrogens is 1. The molecule has 0 aromatic carbocycles. The SMILES string of the molecule is CCC1CN(C)CCCN1c1cccc(CO)n1. The normalized spacial score (nSPS) is 21.9. The number of rotatable bonds is 3. The maximum Gasteiger partial charge on any atom is 0.129 e. The van der Waals surface area contributed by atoms with Crippen molar-refractivity contribution < 1.29 is 5.11 Å². The molecule has 1 N–H and O–H groups in total. The minimum absolute atomic E-state index is 0.0123. The second-order valence-electron chi connectivity index (χ2n) is 5.02. The Morgan fingerprint density at radius 2 is 2.22 bits per heavy atom. The summed E-state index contributed by atoms with van der Waals surface area (Å²) in [7, 11) is 2.18. The molecular formula is C14H23N3O. The molecule has 0 radical (unpaired) electrons. The van der Waals surface area contributed by atoms with Crippen LogP contribution in [0.2, 0.25) is 0 Å². The van der Waals surface area contributed by atoms with Gasteiger partial charge in [-0.1, -0.05) is 13.0 Å². The molecular weight excluding hydrogens is 226 g/mol. The van der Waals surface area contributed by atoms with E-state index in [1.165, 1.54) is 0 Å². The second kappa shape index (κ2) is 6.16. The Bertz CT molecular complexity index is 383. The number of hydrogen-bond donors (Lipinski definition) is 1. The van der Waals surface area contributed by atoms with Crippen LogP contribution in [0.1, 0.15) is 25.5 Å². The van der Waals surface area contributed by atoms with E-state index in [2.05, 4.69) is 28.8 Å². The van der Waals surface area contributed by atoms with Gasteiger partial charge >= 0.3 is 0 Å². The van der Waals surface area contributed by atoms with Crippen molar-refractivity contribution in [1.29, 1.82) is 0 Å². The van der Waals surface area contributed by atoms with E-state index in [9.17, 15) is 5.11 Å². The quantitative estimate of drug-likeness (QED) is 0.881. The number of aliphatic hydroxyl groups is 1. The van der Waals surface area contributed by atoms with Crippen molar-refractivity contribution in [3.05, 3.63) is 23.9 Å². The number of likely N-dealkylation sites (N-methyl/N-ethyl adjacent to an activating group) is 1. The van der Waals surface area contributed by atoms with Gasteiger partial charge in [-0.05, 0) is 38.6 Å². The summed E-state index contributed by atoms with van der Waals surface area (Å²) in [5, 5.41) is 9.19. The van der Waals surface area contributed by atoms with Crippen LogP contribution in [-0.2, 0) is 6.61 Å². The molecule has 1 aliphatic heterocycles. The van der Waals surface area contributed by atoms with E-state index in [0.29, 0.717) is 6.04 Å². The van der Waals surface area contributed by atoms with Gasteiger partial charge in [0.2, 0.25) is 0 Å². The van der Waals surface area contributed by atoms with Gasteiger partial charge in [0.1, 0.15) is 5.82 Å². The molecule has 0 saturated carbocycles. The van der Waals surface area contributed by atoms with E-state index in [4.69, 9.17) is 0 Å². The predicted octanol–water partition coefficient (Wildman–Crippen LogP) is 1.49. The molecule has 4 heteroatoms. The minimum Gasteiger partial charge on any atom is -0.390 e. The molecule has 1 aromatic heterocycles. The number of pyridine rings is 1. The fraction of sp³-hybridized carbons (Fsp3) is 0.643. The van der Waals surface area contributed by atoms with Gasteiger partial charge in [0.15, 0.2) is 0 Å². The maximum absolute atomic E-state index is 9.19. The van der Waals surface area contributed by atoms with Gasteiger partial charge in [-0.15, -0.1) is 0 Å². The van der Waals surface area contributed by atoms with Crippen molar-refractivity contribution in [2.24, 2.45) is 0 Å². The Hall–Kier alpha value is -1.13. The van der Waals surface area contributed by atoms with Crippen molar-refractivity contribution in [3.63, 3.8) is 0 Å². The first kappa shape index (κ1) is 13.3. The van der Waals surface area contributed by atoms with Crippen LogP contribution in [0.5, 0.6) is 0 Å². The lowest BCUT2D eigenvalue weighted by Gasteiger charge is -2.31. The van der Waals surface area contributed by atoms with Crippen LogP contribution in [0.15, 0.2) is 18.2 Å². The Morgan fingerprint density at radius 1 is 1.39 bits per heavy atom. The number of anilines is 1. The molecule has 1 aliphatic rings. The first-order valence-electron chi connectivity index (χ1n) is 6.76. The van der Waals surface area contributed by atoms with Crippen molar-refractivity contribution >= 4 is 5.82 Å². The molecule has 4 nitrogen and oxygen atoms in total. The topological polar surface area (TPSA) is 39.6 Å². The van der Waals surface area contributed by atoms with Gasteiger partial charge in [-0.25, -0.2) is 4.98 Å². The molecule has 1 unspecified atom stereocenters. The highest BCUT2D eigenvalue weighted by Gasteiger charge is 2.22. The Balaban J connectivity index is 2.22. The van der Waals surface area contributed by atoms with Crippen LogP contribution in [-0.4, -0.2) is 47.7 Å². The standard InChI is InChI=1S/C14H23N3O/c1-3-13-10-16(2)8-5-9-17(13)14-7-4-6-12(11-18)15-14/h4,6-7,13,18H,3,5,8-11H2,1-2H3. The highest BCUT2D eigenvalue weighted by Crippen LogP contribution is 2.20. The summed E-state index contributed by atoms with van der Waals surface area (Å²) < 4.78 is 0. The Kier molecular flexibility index (Phi) is 4.55. The van der Waals surface area contributed by atoms with Crippen LogP contribution in [0.25, 0.3) is 0 Å². The molecule has 1 atom stereocenters. The van der Waals surface area contributed by atoms with Crippen molar-refractivity contribution in [1.82, 2.24) is 9.88 Å². The van der Waals surface area contributed by atoms with Gasteiger partial charge < -0.3 is 14.9 Å². The summed E-state index contributed by atoms with van der Waals surface area (Å²) in [6.07, 6.45) is 2.29. The maximum atomic E-state index is 9.19. The fourth-order valence-electron chi connectivity index (χ4n) is 2.61. The third kappa shape index (κ3) is 3.00. The van der Waals surface area contributed by atoms with Crippen LogP contribution >= 0.6 is 0 Å². The summed E-state index contributed by atoms with van der Waals surface area (Å²) in [5.41, 5.74) is 0.750. The van der Waals surface area contributed by atoms with Crippen molar-refractivity contribution in [2.75, 3.05) is 31.6 Å². The molecule has 0 spiro atoms. The third-order valence-corrected chi connectivity index (χ3v) is 3.62. The summed E-state index contributed by atoms with van der Waals surface area (Å²) in [6.45, 7) is 5.52. The monoisotopic (exact) mass is 249 g/mol. The molecule has 1 saturated heterocycles. The summed E-state index contributed by atoms with van der Waals surface area (Å²) in [4.78, 5) is 9.32. The molecule has 0 amide bonds. The molecule has 2 rings (SSSR count). The lowest BCUT2D eigenvalue weighted by molar-refractivity contribution is 0.277. The van der Waals surface area contributed by atoms with Crippen LogP contribution in [0, 0.1) is 0 Å². The van der Waals surface area contributed by atoms with Gasteiger partial charge in [-0.3, -0.25) is 0 Å². The predicted molar refractivity (Wildman–Crippen MR) is 73.7 cm³/mol. The Morgan fingerprint density at radius 3 is 2.94 bits per heavy atom. The summed E-state index contributed by atoms with van der Waals surface area (Å²) in [6, 6.07) is 6.41. The minimum atomic E-state index is 0.0123. The number of aliphatic hydroxyl groups excluding tert-OH is 1. The second-order valence-corrected chi connectivity index (χ2v) is 5.02. The van der Waals surface area contributed by atoms with Crippen molar-refractivity contribution in [3.8, 4) is 0 Å². The van der Waals surface area contributed by atoms with Gasteiger partial charge in [0, 0.05) is 19.1 Å². The molecule has 2 heterocycles. The van der Waals surface area contributed by atoms with E-state index in [-0.39, 0.29) is 6.61 Å². The average molecular weight is 249 g/mol. The van der Waals surface area contributed by atoms with Gasteiger partial charge in [0.05, 0.1) is 12.3 Å². The van der Waals surface area contributed by atoms with E-state index >= 15 is 0 Å². The zero-order valence-electron chi connectivity index (χ0n) is 11.3. The van der Waals surface area contributed by atoms with Crippen LogP contribution in [0.3, 0.4) is 0 Å². The highest BCUT2D eigenvalue weighted by molar-refractivity contribution is 5.41. The fourth-order valence-corrected chi connectivity index (χ4v) is 2.61. The highest BCUT2D eigenvalue weighted by atomic mass is 16.3. The van der Waals surface area contributed by atoms with E-state index in [1.54, 1.807) is 0 Å². The zero-order valence-corrected chi connectivity index (χ0v) is 11.3. The van der Waals surface area contributed by atoms with E-state index < -0.39 is 0 Å². The lowest BCUT2D eigenvalue weighted by Crippen LogP contribution is -2.40. The number of nitrogens with zero attached hydrogens (tertiary/aromatic N) is 3. The molecule has 0 bridgehead atoms. The molecule has 100 valence electrons. The van der Waals surface area contributed by atoms with E-state index in [0.717, 1.165) is 44.0 Å². The largest absolute Gasteiger partial charge is 0.390 e. The zero-order chi connectivity index (χ0) is 13.0. The molecule has 1 aromatic rings. The van der Waals surface area contributed by atoms with E-state index in [1.807, 2.05) is 18.2 Å². The van der Waals surface area contributed by atoms with Crippen LogP contribution < -0.4 is 4.90 Å². The van der Waals surface area contributed by atoms with Crippen LogP contribution in [0.4, 0.5) is 5.82 Å². The average Bonchev–Trinajstić information content (AvgIpc) is 2.60. The first-order chi connectivity index (χ1) is 8.74. The molecule has 18 heavy (non-hydrogen) atoms. The third-order valence-electron chi connectivity index (χ3n) is 3.62. The van der Waals surface area contributed by atoms with Gasteiger partial charge in [-0.2, -0.15) is 0 Å². The van der Waals surface area contributed by atoms with Gasteiger partial charge in [0.25, 0.3) is 0 Å². The first-order valence-corrected chi connectivity index (χ1v) is 6.76. The molecule has 1 fully saturated rings. The summed E-state index contributed by atoms with van der Waals surface area (Å²) in [5.74, 6) is 1.00. The van der Waals surface area contributed by atoms with Crippen molar-refractivity contribution in [2.45, 2.75) is 32.4 Å². The number of hydrogen-bond acceptors (Lipinski definition) is 4. The Labute approximate surface area is 109 Å².